The van der Waals surface area contributed by atoms with Gasteiger partial charge >= 0.3 is 0 Å². The van der Waals surface area contributed by atoms with Gasteiger partial charge in [0, 0.05) is 16.7 Å². The molecule has 0 saturated heterocycles. The highest BCUT2D eigenvalue weighted by Crippen LogP contribution is 2.20. The molecule has 154 valence electrons. The van der Waals surface area contributed by atoms with Gasteiger partial charge in [0.05, 0.1) is 5.92 Å². The number of carbonyl (C=O) groups excluding carboxylic acids is 3. The number of Topliss-reactive ketones (excluding diaryl/α,β-unsaturated/α-hetero) is 3. The summed E-state index contributed by atoms with van der Waals surface area (Å²) in [5.41, 5.74) is 2.00. The molecule has 0 amide bonds. The smallest absolute Gasteiger partial charge is 0.173 e. The van der Waals surface area contributed by atoms with Gasteiger partial charge in [0.2, 0.25) is 0 Å². The fraction of sp³-hybridized carbons (Fsp3) is 0.222. The third-order valence-corrected chi connectivity index (χ3v) is 4.78. The molecule has 3 heteroatoms. The average molecular weight is 401 g/mol. The van der Waals surface area contributed by atoms with Crippen LogP contribution >= 0.6 is 0 Å². The third-order valence-electron chi connectivity index (χ3n) is 4.78. The van der Waals surface area contributed by atoms with E-state index in [1.165, 1.54) is 0 Å². The van der Waals surface area contributed by atoms with Gasteiger partial charge in [-0.25, -0.2) is 0 Å². The zero-order valence-electron chi connectivity index (χ0n) is 17.6. The van der Waals surface area contributed by atoms with Crippen molar-refractivity contribution >= 4 is 17.3 Å². The van der Waals surface area contributed by atoms with E-state index in [-0.39, 0.29) is 17.3 Å². The molecule has 0 fully saturated rings. The van der Waals surface area contributed by atoms with Crippen LogP contribution in [0.3, 0.4) is 0 Å². The molecule has 0 heterocycles. The monoisotopic (exact) mass is 400 g/mol. The highest BCUT2D eigenvalue weighted by Gasteiger charge is 2.27. The Morgan fingerprint density at radius 2 is 1.00 bits per heavy atom. The summed E-state index contributed by atoms with van der Waals surface area (Å²) in [6, 6.07) is 27.4. The Kier molecular flexibility index (Phi) is 9.39. The lowest BCUT2D eigenvalue weighted by Gasteiger charge is -2.14. The molecular formula is C27H28O3. The number of benzene rings is 3. The first-order chi connectivity index (χ1) is 14.5. The molecule has 30 heavy (non-hydrogen) atoms. The molecule has 0 atom stereocenters. The van der Waals surface area contributed by atoms with Gasteiger partial charge in [-0.15, -0.1) is 0 Å². The number of rotatable bonds is 8. The van der Waals surface area contributed by atoms with Crippen LogP contribution in [0.2, 0.25) is 0 Å². The largest absolute Gasteiger partial charge is 0.295 e. The van der Waals surface area contributed by atoms with Crippen LogP contribution in [0.15, 0.2) is 91.0 Å². The minimum Gasteiger partial charge on any atom is -0.295 e. The molecule has 0 radical (unpaired) electrons. The van der Waals surface area contributed by atoms with Crippen molar-refractivity contribution in [2.45, 2.75) is 33.1 Å². The fourth-order valence-corrected chi connectivity index (χ4v) is 3.07. The lowest BCUT2D eigenvalue weighted by atomic mass is 9.86. The molecule has 3 aromatic rings. The highest BCUT2D eigenvalue weighted by atomic mass is 16.2. The summed E-state index contributed by atoms with van der Waals surface area (Å²) in [4.78, 5) is 35.9. The summed E-state index contributed by atoms with van der Waals surface area (Å²) in [5, 5.41) is 0. The van der Waals surface area contributed by atoms with Gasteiger partial charge in [-0.05, 0) is 13.3 Å². The first kappa shape index (κ1) is 23.0. The molecule has 0 aliphatic rings. The van der Waals surface area contributed by atoms with E-state index >= 15 is 0 Å². The Balaban J connectivity index is 0.000000297. The Hall–Kier alpha value is -3.33. The van der Waals surface area contributed by atoms with Crippen LogP contribution in [0.5, 0.6) is 0 Å². The number of ketones is 3. The van der Waals surface area contributed by atoms with Crippen molar-refractivity contribution in [3.05, 3.63) is 108 Å². The summed E-state index contributed by atoms with van der Waals surface area (Å²) >= 11 is 0. The predicted molar refractivity (Wildman–Crippen MR) is 121 cm³/mol. The van der Waals surface area contributed by atoms with E-state index in [0.29, 0.717) is 17.5 Å². The number of hydrogen-bond acceptors (Lipinski definition) is 3. The quantitative estimate of drug-likeness (QED) is 0.322. The van der Waals surface area contributed by atoms with Crippen molar-refractivity contribution in [3.8, 4) is 0 Å². The molecule has 0 bridgehead atoms. The van der Waals surface area contributed by atoms with Crippen molar-refractivity contribution in [3.63, 3.8) is 0 Å². The van der Waals surface area contributed by atoms with Crippen LogP contribution in [-0.2, 0) is 0 Å². The zero-order valence-corrected chi connectivity index (χ0v) is 17.6. The molecule has 0 aromatic heterocycles. The van der Waals surface area contributed by atoms with E-state index in [9.17, 15) is 14.4 Å². The van der Waals surface area contributed by atoms with Crippen LogP contribution in [0, 0.1) is 5.92 Å². The van der Waals surface area contributed by atoms with Crippen LogP contribution in [0.25, 0.3) is 0 Å². The van der Waals surface area contributed by atoms with Gasteiger partial charge in [-0.1, -0.05) is 111 Å². The molecule has 3 nitrogen and oxygen atoms in total. The van der Waals surface area contributed by atoms with Gasteiger partial charge in [-0.2, -0.15) is 0 Å². The van der Waals surface area contributed by atoms with Crippen molar-refractivity contribution in [1.29, 1.82) is 0 Å². The standard InChI is InChI=1S/C19H20O2.C8H8O/c1-2-3-14-17(18(20)15-10-6-4-7-11-15)19(21)16-12-8-5-9-13-16;1-7(9)8-5-3-2-4-6-8/h4-13,17H,2-3,14H2,1H3;2-6H,1H3. The molecule has 0 aliphatic carbocycles. The first-order valence-electron chi connectivity index (χ1n) is 10.3. The maximum absolute atomic E-state index is 12.6. The van der Waals surface area contributed by atoms with Gasteiger partial charge in [0.1, 0.15) is 0 Å². The van der Waals surface area contributed by atoms with E-state index in [2.05, 4.69) is 6.92 Å². The summed E-state index contributed by atoms with van der Waals surface area (Å²) in [5.74, 6) is -0.596. The zero-order chi connectivity index (χ0) is 21.8. The van der Waals surface area contributed by atoms with Crippen molar-refractivity contribution < 1.29 is 14.4 Å². The molecule has 0 unspecified atom stereocenters. The second-order valence-corrected chi connectivity index (χ2v) is 7.08. The molecule has 0 saturated carbocycles. The normalized spacial score (nSPS) is 10.1. The summed E-state index contributed by atoms with van der Waals surface area (Å²) < 4.78 is 0. The highest BCUT2D eigenvalue weighted by molar-refractivity contribution is 6.16. The lowest BCUT2D eigenvalue weighted by molar-refractivity contribution is 0.0797. The maximum Gasteiger partial charge on any atom is 0.173 e. The van der Waals surface area contributed by atoms with E-state index in [0.717, 1.165) is 18.4 Å². The van der Waals surface area contributed by atoms with Crippen molar-refractivity contribution in [2.75, 3.05) is 0 Å². The average Bonchev–Trinajstić information content (AvgIpc) is 2.81. The summed E-state index contributed by atoms with van der Waals surface area (Å²) in [7, 11) is 0. The molecule has 3 rings (SSSR count). The Labute approximate surface area is 178 Å². The van der Waals surface area contributed by atoms with Crippen LogP contribution in [0.1, 0.15) is 64.2 Å². The minimum atomic E-state index is -0.574. The van der Waals surface area contributed by atoms with Gasteiger partial charge < -0.3 is 0 Å². The van der Waals surface area contributed by atoms with Crippen molar-refractivity contribution in [2.24, 2.45) is 5.92 Å². The van der Waals surface area contributed by atoms with Gasteiger partial charge in [-0.3, -0.25) is 14.4 Å². The van der Waals surface area contributed by atoms with E-state index < -0.39 is 5.92 Å². The van der Waals surface area contributed by atoms with Crippen LogP contribution < -0.4 is 0 Å². The van der Waals surface area contributed by atoms with Crippen LogP contribution in [0.4, 0.5) is 0 Å². The topological polar surface area (TPSA) is 51.2 Å². The molecular weight excluding hydrogens is 372 g/mol. The Bertz CT molecular complexity index is 880. The summed E-state index contributed by atoms with van der Waals surface area (Å²) in [6.07, 6.45) is 2.46. The maximum atomic E-state index is 12.6. The van der Waals surface area contributed by atoms with E-state index in [4.69, 9.17) is 0 Å². The van der Waals surface area contributed by atoms with Crippen molar-refractivity contribution in [1.82, 2.24) is 0 Å². The van der Waals surface area contributed by atoms with E-state index in [1.54, 1.807) is 31.2 Å². The number of unbranched alkanes of at least 4 members (excludes halogenated alkanes) is 1. The second-order valence-electron chi connectivity index (χ2n) is 7.08. The third kappa shape index (κ3) is 6.93. The molecule has 3 aromatic carbocycles. The Morgan fingerprint density at radius 1 is 0.633 bits per heavy atom. The number of carbonyl (C=O) groups is 3. The number of hydrogen-bond donors (Lipinski definition) is 0. The van der Waals surface area contributed by atoms with Gasteiger partial charge in [0.15, 0.2) is 17.3 Å². The van der Waals surface area contributed by atoms with Gasteiger partial charge in [0.25, 0.3) is 0 Å². The second kappa shape index (κ2) is 12.3. The van der Waals surface area contributed by atoms with E-state index in [1.807, 2.05) is 66.7 Å². The lowest BCUT2D eigenvalue weighted by Crippen LogP contribution is -2.24. The fourth-order valence-electron chi connectivity index (χ4n) is 3.07. The Morgan fingerprint density at radius 3 is 1.30 bits per heavy atom. The minimum absolute atomic E-state index is 0.0714. The molecule has 0 spiro atoms. The first-order valence-corrected chi connectivity index (χ1v) is 10.3. The molecule has 0 N–H and O–H groups in total. The summed E-state index contributed by atoms with van der Waals surface area (Å²) in [6.45, 7) is 3.63. The predicted octanol–water partition coefficient (Wildman–Crippen LogP) is 6.45. The van der Waals surface area contributed by atoms with Crippen LogP contribution in [-0.4, -0.2) is 17.3 Å². The molecule has 0 aliphatic heterocycles. The SMILES string of the molecule is CC(=O)c1ccccc1.CCCCC(C(=O)c1ccccc1)C(=O)c1ccccc1.